The molecule has 2 heterocycles. The molecule has 0 atom stereocenters. The Hall–Kier alpha value is -1.84. The Morgan fingerprint density at radius 3 is 2.81 bits per heavy atom. The van der Waals surface area contributed by atoms with E-state index in [0.29, 0.717) is 6.04 Å². The van der Waals surface area contributed by atoms with Crippen molar-refractivity contribution >= 4 is 5.95 Å². The number of nitrogens with one attached hydrogen (secondary N) is 1. The molecule has 0 fully saturated rings. The summed E-state index contributed by atoms with van der Waals surface area (Å²) in [7, 11) is 0. The van der Waals surface area contributed by atoms with Crippen LogP contribution in [-0.2, 0) is 0 Å². The smallest absolute Gasteiger partial charge is 0.207 e. The molecule has 2 aromatic heterocycles. The summed E-state index contributed by atoms with van der Waals surface area (Å²) in [6.45, 7) is 6.17. The molecule has 2 rings (SSSR count). The second-order valence-electron chi connectivity index (χ2n) is 4.09. The van der Waals surface area contributed by atoms with Crippen LogP contribution in [0.3, 0.4) is 0 Å². The third-order valence-corrected chi connectivity index (χ3v) is 2.17. The predicted octanol–water partition coefficient (Wildman–Crippen LogP) is 2.40. The van der Waals surface area contributed by atoms with E-state index in [0.717, 1.165) is 17.3 Å². The van der Waals surface area contributed by atoms with Gasteiger partial charge in [-0.15, -0.1) is 0 Å². The molecular weight excluding hydrogens is 200 g/mol. The largest absolute Gasteiger partial charge is 0.353 e. The van der Waals surface area contributed by atoms with Gasteiger partial charge in [0.05, 0.1) is 17.6 Å². The SMILES string of the molecule is Cc1cn(-c2cccnc2)c(NC(C)C)n1. The molecule has 16 heavy (non-hydrogen) atoms. The average Bonchev–Trinajstić information content (AvgIpc) is 2.60. The molecule has 1 N–H and O–H groups in total. The van der Waals surface area contributed by atoms with Gasteiger partial charge < -0.3 is 5.32 Å². The lowest BCUT2D eigenvalue weighted by atomic mass is 10.4. The highest BCUT2D eigenvalue weighted by molar-refractivity contribution is 5.41. The number of hydrogen-bond donors (Lipinski definition) is 1. The lowest BCUT2D eigenvalue weighted by Crippen LogP contribution is -2.13. The van der Waals surface area contributed by atoms with Crippen molar-refractivity contribution in [3.05, 3.63) is 36.4 Å². The van der Waals surface area contributed by atoms with Crippen LogP contribution in [0.25, 0.3) is 5.69 Å². The molecule has 0 aliphatic rings. The molecule has 4 heteroatoms. The van der Waals surface area contributed by atoms with Crippen molar-refractivity contribution in [3.63, 3.8) is 0 Å². The Kier molecular flexibility index (Phi) is 2.90. The molecule has 0 saturated carbocycles. The topological polar surface area (TPSA) is 42.7 Å². The third kappa shape index (κ3) is 2.21. The Morgan fingerprint density at radius 1 is 1.38 bits per heavy atom. The van der Waals surface area contributed by atoms with Crippen molar-refractivity contribution < 1.29 is 0 Å². The van der Waals surface area contributed by atoms with E-state index in [1.165, 1.54) is 0 Å². The van der Waals surface area contributed by atoms with Crippen molar-refractivity contribution in [2.75, 3.05) is 5.32 Å². The molecule has 0 aromatic carbocycles. The lowest BCUT2D eigenvalue weighted by Gasteiger charge is -2.11. The Labute approximate surface area is 95.4 Å². The van der Waals surface area contributed by atoms with Gasteiger partial charge in [-0.3, -0.25) is 9.55 Å². The fraction of sp³-hybridized carbons (Fsp3) is 0.333. The van der Waals surface area contributed by atoms with Gasteiger partial charge in [0, 0.05) is 18.4 Å². The maximum atomic E-state index is 4.45. The molecule has 0 spiro atoms. The van der Waals surface area contributed by atoms with E-state index in [-0.39, 0.29) is 0 Å². The molecule has 84 valence electrons. The van der Waals surface area contributed by atoms with E-state index >= 15 is 0 Å². The average molecular weight is 216 g/mol. The standard InChI is InChI=1S/C12H16N4/c1-9(2)14-12-15-10(3)8-16(12)11-5-4-6-13-7-11/h4-9H,1-3H3,(H,14,15). The van der Waals surface area contributed by atoms with Crippen molar-refractivity contribution in [2.24, 2.45) is 0 Å². The van der Waals surface area contributed by atoms with Crippen molar-refractivity contribution in [1.82, 2.24) is 14.5 Å². The summed E-state index contributed by atoms with van der Waals surface area (Å²) < 4.78 is 2.02. The molecule has 0 radical (unpaired) electrons. The predicted molar refractivity (Wildman–Crippen MR) is 64.9 cm³/mol. The molecule has 0 amide bonds. The number of anilines is 1. The fourth-order valence-electron chi connectivity index (χ4n) is 1.55. The van der Waals surface area contributed by atoms with Gasteiger partial charge in [-0.25, -0.2) is 4.98 Å². The van der Waals surface area contributed by atoms with Gasteiger partial charge in [-0.1, -0.05) is 0 Å². The van der Waals surface area contributed by atoms with Crippen LogP contribution < -0.4 is 5.32 Å². The minimum atomic E-state index is 0.359. The van der Waals surface area contributed by atoms with E-state index in [4.69, 9.17) is 0 Å². The van der Waals surface area contributed by atoms with Crippen LogP contribution in [0.2, 0.25) is 0 Å². The van der Waals surface area contributed by atoms with Crippen LogP contribution in [0.15, 0.2) is 30.7 Å². The fourth-order valence-corrected chi connectivity index (χ4v) is 1.55. The van der Waals surface area contributed by atoms with E-state index in [2.05, 4.69) is 29.1 Å². The summed E-state index contributed by atoms with van der Waals surface area (Å²) in [4.78, 5) is 8.57. The number of pyridine rings is 1. The molecule has 0 aliphatic heterocycles. The molecule has 0 saturated heterocycles. The van der Waals surface area contributed by atoms with Crippen LogP contribution in [0.1, 0.15) is 19.5 Å². The van der Waals surface area contributed by atoms with Crippen LogP contribution in [-0.4, -0.2) is 20.6 Å². The van der Waals surface area contributed by atoms with E-state index in [1.807, 2.05) is 36.0 Å². The molecule has 4 nitrogen and oxygen atoms in total. The summed E-state index contributed by atoms with van der Waals surface area (Å²) in [5.41, 5.74) is 2.01. The molecule has 0 bridgehead atoms. The van der Waals surface area contributed by atoms with Crippen molar-refractivity contribution in [3.8, 4) is 5.69 Å². The zero-order valence-electron chi connectivity index (χ0n) is 9.81. The maximum Gasteiger partial charge on any atom is 0.207 e. The Bertz CT molecular complexity index is 459. The van der Waals surface area contributed by atoms with Crippen molar-refractivity contribution in [1.29, 1.82) is 0 Å². The minimum absolute atomic E-state index is 0.359. The highest BCUT2D eigenvalue weighted by Crippen LogP contribution is 2.16. The summed E-state index contributed by atoms with van der Waals surface area (Å²) in [5, 5.41) is 3.32. The number of imidazole rings is 1. The first-order valence-corrected chi connectivity index (χ1v) is 5.40. The molecular formula is C12H16N4. The summed E-state index contributed by atoms with van der Waals surface area (Å²) >= 11 is 0. The first kappa shape index (κ1) is 10.7. The minimum Gasteiger partial charge on any atom is -0.353 e. The van der Waals surface area contributed by atoms with Crippen molar-refractivity contribution in [2.45, 2.75) is 26.8 Å². The van der Waals surface area contributed by atoms with Crippen LogP contribution in [0.5, 0.6) is 0 Å². The first-order valence-electron chi connectivity index (χ1n) is 5.40. The zero-order chi connectivity index (χ0) is 11.5. The lowest BCUT2D eigenvalue weighted by molar-refractivity contribution is 0.863. The molecule has 0 unspecified atom stereocenters. The number of aromatic nitrogens is 3. The summed E-state index contributed by atoms with van der Waals surface area (Å²) in [5.74, 6) is 0.862. The van der Waals surface area contributed by atoms with Crippen LogP contribution >= 0.6 is 0 Å². The van der Waals surface area contributed by atoms with Gasteiger partial charge in [0.25, 0.3) is 0 Å². The molecule has 2 aromatic rings. The first-order chi connectivity index (χ1) is 7.66. The number of nitrogens with zero attached hydrogens (tertiary/aromatic N) is 3. The summed E-state index contributed by atoms with van der Waals surface area (Å²) in [6, 6.07) is 4.29. The van der Waals surface area contributed by atoms with E-state index < -0.39 is 0 Å². The second-order valence-corrected chi connectivity index (χ2v) is 4.09. The van der Waals surface area contributed by atoms with Gasteiger partial charge in [0.15, 0.2) is 0 Å². The Balaban J connectivity index is 2.40. The van der Waals surface area contributed by atoms with E-state index in [1.54, 1.807) is 6.20 Å². The van der Waals surface area contributed by atoms with Gasteiger partial charge in [0.1, 0.15) is 0 Å². The monoisotopic (exact) mass is 216 g/mol. The van der Waals surface area contributed by atoms with E-state index in [9.17, 15) is 0 Å². The zero-order valence-corrected chi connectivity index (χ0v) is 9.81. The second kappa shape index (κ2) is 4.35. The normalized spacial score (nSPS) is 10.8. The van der Waals surface area contributed by atoms with Crippen LogP contribution in [0, 0.1) is 6.92 Å². The number of rotatable bonds is 3. The molecule has 0 aliphatic carbocycles. The number of aryl methyl sites for hydroxylation is 1. The quantitative estimate of drug-likeness (QED) is 0.856. The van der Waals surface area contributed by atoms with Gasteiger partial charge in [-0.05, 0) is 32.9 Å². The Morgan fingerprint density at radius 2 is 2.19 bits per heavy atom. The van der Waals surface area contributed by atoms with Gasteiger partial charge in [-0.2, -0.15) is 0 Å². The number of hydrogen-bond acceptors (Lipinski definition) is 3. The van der Waals surface area contributed by atoms with Gasteiger partial charge in [0.2, 0.25) is 5.95 Å². The third-order valence-electron chi connectivity index (χ3n) is 2.17. The maximum absolute atomic E-state index is 4.45. The van der Waals surface area contributed by atoms with Gasteiger partial charge >= 0.3 is 0 Å². The highest BCUT2D eigenvalue weighted by atomic mass is 15.2. The summed E-state index contributed by atoms with van der Waals surface area (Å²) in [6.07, 6.45) is 5.59. The highest BCUT2D eigenvalue weighted by Gasteiger charge is 2.07. The van der Waals surface area contributed by atoms with Crippen LogP contribution in [0.4, 0.5) is 5.95 Å².